The second-order valence-corrected chi connectivity index (χ2v) is 19.7. The monoisotopic (exact) mass is 989 g/mol. The van der Waals surface area contributed by atoms with Crippen LogP contribution in [0.1, 0.15) is 43.2 Å². The van der Waals surface area contributed by atoms with Crippen molar-refractivity contribution >= 4 is 96.6 Å². The zero-order valence-electron chi connectivity index (χ0n) is 37.3. The summed E-state index contributed by atoms with van der Waals surface area (Å²) >= 11 is 0. The summed E-state index contributed by atoms with van der Waals surface area (Å²) in [6.45, 7) is -0.752. The fourth-order valence-corrected chi connectivity index (χ4v) is 11.3. The standard InChI is InChI=1S/C45H55N11O11S2/c46-17-37(58)50-34-22-69-68-21-33(39(47)61)54-41(63)32(15-24-19-49-29-9-4-2-7-27(24)29)52-42(64)35-10-5-13-55(35)44(66)30(11-12-38(59)60)51-40(62)31(14-23-18-48-28-8-3-1-6-26(23)28)53-43(65)36-16-25(57)20-56(36)45(34)67/h1-4,6-9,18-19,25,30-36,48-49,57H,5,10-17,20-22,46H2,(H2,47,61)(H,50,58)(H,51,62)(H,52,64)(H,53,65)(H,54,63)(H,59,60)/t25-,30-,31+,32-,33-,34+,35+,36+/m1/s1. The summed E-state index contributed by atoms with van der Waals surface area (Å²) < 4.78 is 0. The Hall–Kier alpha value is -6.63. The highest BCUT2D eigenvalue weighted by Crippen LogP contribution is 2.28. The Balaban J connectivity index is 1.25. The van der Waals surface area contributed by atoms with E-state index in [1.807, 2.05) is 30.3 Å². The topological polar surface area (TPSA) is 344 Å². The largest absolute Gasteiger partial charge is 0.481 e. The molecule has 368 valence electrons. The van der Waals surface area contributed by atoms with Crippen LogP contribution in [0.15, 0.2) is 60.9 Å². The summed E-state index contributed by atoms with van der Waals surface area (Å²) in [5.41, 5.74) is 14.1. The Morgan fingerprint density at radius 1 is 0.725 bits per heavy atom. The highest BCUT2D eigenvalue weighted by Gasteiger charge is 2.44. The molecular weight excluding hydrogens is 935 g/mol. The first kappa shape index (κ1) is 50.3. The predicted molar refractivity (Wildman–Crippen MR) is 255 cm³/mol. The number of carbonyl (C=O) groups is 9. The Bertz CT molecular complexity index is 2610. The van der Waals surface area contributed by atoms with Gasteiger partial charge in [-0.3, -0.25) is 43.2 Å². The molecule has 3 aliphatic heterocycles. The molecular formula is C45H55N11O11S2. The average Bonchev–Trinajstić information content (AvgIpc) is 4.16. The van der Waals surface area contributed by atoms with Gasteiger partial charge >= 0.3 is 5.97 Å². The molecule has 2 aromatic carbocycles. The number of para-hydroxylation sites is 2. The molecule has 8 atom stereocenters. The first-order valence-electron chi connectivity index (χ1n) is 22.5. The van der Waals surface area contributed by atoms with E-state index in [1.165, 1.54) is 4.90 Å². The summed E-state index contributed by atoms with van der Waals surface area (Å²) in [6.07, 6.45) is 1.26. The number of carboxylic acids is 1. The van der Waals surface area contributed by atoms with Crippen LogP contribution >= 0.6 is 21.6 Å². The maximum absolute atomic E-state index is 14.6. The summed E-state index contributed by atoms with van der Waals surface area (Å²) in [4.78, 5) is 132. The number of primary amides is 1. The fraction of sp³-hybridized carbons (Fsp3) is 0.444. The number of aliphatic hydroxyl groups is 1. The van der Waals surface area contributed by atoms with E-state index in [0.29, 0.717) is 17.5 Å². The third kappa shape index (κ3) is 12.2. The van der Waals surface area contributed by atoms with E-state index in [9.17, 15) is 53.4 Å². The second kappa shape index (κ2) is 22.7. The first-order valence-corrected chi connectivity index (χ1v) is 25.0. The number of hydrogen-bond acceptors (Lipinski definition) is 13. The Morgan fingerprint density at radius 2 is 1.29 bits per heavy atom. The van der Waals surface area contributed by atoms with E-state index in [-0.39, 0.29) is 50.3 Å². The van der Waals surface area contributed by atoms with Gasteiger partial charge in [-0.2, -0.15) is 0 Å². The number of rotatable bonds is 10. The van der Waals surface area contributed by atoms with Gasteiger partial charge in [-0.25, -0.2) is 0 Å². The van der Waals surface area contributed by atoms with E-state index in [1.54, 1.807) is 30.6 Å². The second-order valence-electron chi connectivity index (χ2n) is 17.2. The molecule has 24 heteroatoms. The number of hydrogen-bond donors (Lipinski definition) is 11. The van der Waals surface area contributed by atoms with Crippen LogP contribution < -0.4 is 38.1 Å². The number of aromatic amines is 2. The molecule has 8 amide bonds. The number of carbonyl (C=O) groups excluding carboxylic acids is 8. The van der Waals surface area contributed by atoms with Crippen molar-refractivity contribution in [1.82, 2.24) is 46.4 Å². The van der Waals surface area contributed by atoms with Gasteiger partial charge in [-0.15, -0.1) is 0 Å². The van der Waals surface area contributed by atoms with E-state index in [2.05, 4.69) is 36.6 Å². The zero-order chi connectivity index (χ0) is 49.4. The Labute approximate surface area is 402 Å². The summed E-state index contributed by atoms with van der Waals surface area (Å²) in [5.74, 6) is -7.89. The van der Waals surface area contributed by atoms with Crippen LogP contribution in [-0.2, 0) is 56.0 Å². The average molecular weight is 990 g/mol. The van der Waals surface area contributed by atoms with Gasteiger partial charge in [0.05, 0.1) is 12.6 Å². The predicted octanol–water partition coefficient (Wildman–Crippen LogP) is -1.48. The third-order valence-electron chi connectivity index (χ3n) is 12.5. The number of aromatic nitrogens is 2. The van der Waals surface area contributed by atoms with Crippen molar-refractivity contribution in [3.05, 3.63) is 72.1 Å². The summed E-state index contributed by atoms with van der Waals surface area (Å²) in [5, 5.41) is 35.5. The van der Waals surface area contributed by atoms with Crippen LogP contribution in [0.3, 0.4) is 0 Å². The molecule has 22 nitrogen and oxygen atoms in total. The Kier molecular flexibility index (Phi) is 16.5. The van der Waals surface area contributed by atoms with E-state index < -0.39 is 121 Å². The van der Waals surface area contributed by atoms with Crippen LogP contribution in [0, 0.1) is 0 Å². The van der Waals surface area contributed by atoms with Gasteiger partial charge in [0.1, 0.15) is 42.3 Å². The van der Waals surface area contributed by atoms with E-state index in [0.717, 1.165) is 48.3 Å². The van der Waals surface area contributed by atoms with Gasteiger partial charge in [0.2, 0.25) is 47.3 Å². The highest BCUT2D eigenvalue weighted by molar-refractivity contribution is 8.76. The summed E-state index contributed by atoms with van der Waals surface area (Å²) in [6, 6.07) is 5.13. The molecule has 0 bridgehead atoms. The molecule has 3 saturated heterocycles. The number of amides is 8. The van der Waals surface area contributed by atoms with Crippen molar-refractivity contribution in [3.63, 3.8) is 0 Å². The number of carboxylic acid groups (broad SMARTS) is 1. The number of benzene rings is 2. The number of H-pyrrole nitrogens is 2. The molecule has 0 saturated carbocycles. The van der Waals surface area contributed by atoms with E-state index >= 15 is 0 Å². The maximum atomic E-state index is 14.6. The van der Waals surface area contributed by atoms with Gasteiger partial charge in [0.25, 0.3) is 0 Å². The fourth-order valence-electron chi connectivity index (χ4n) is 8.93. The lowest BCUT2D eigenvalue weighted by atomic mass is 10.0. The third-order valence-corrected chi connectivity index (χ3v) is 14.9. The van der Waals surface area contributed by atoms with Gasteiger partial charge in [0, 0.05) is 84.5 Å². The molecule has 7 rings (SSSR count). The molecule has 0 radical (unpaired) electrons. The SMILES string of the molecule is NCC(=O)N[C@H]1CSSC[C@H](C(N)=O)NC(=O)[C@@H](Cc2c[nH]c3ccccc23)NC(=O)[C@@H]2CCCN2C(=O)[C@@H](CCC(=O)O)NC(=O)[C@H](Cc2c[nH]c3ccccc23)NC(=O)[C@@H]2C[C@@H](O)CN2C1=O. The number of nitrogens with zero attached hydrogens (tertiary/aromatic N) is 2. The molecule has 0 unspecified atom stereocenters. The van der Waals surface area contributed by atoms with Gasteiger partial charge in [0.15, 0.2) is 0 Å². The molecule has 3 aliphatic rings. The minimum atomic E-state index is -1.51. The molecule has 3 fully saturated rings. The van der Waals surface area contributed by atoms with Gasteiger partial charge < -0.3 is 68.0 Å². The van der Waals surface area contributed by atoms with Crippen molar-refractivity contribution in [2.75, 3.05) is 31.1 Å². The minimum absolute atomic E-state index is 0.0460. The molecule has 69 heavy (non-hydrogen) atoms. The molecule has 0 spiro atoms. The van der Waals surface area contributed by atoms with Crippen molar-refractivity contribution in [1.29, 1.82) is 0 Å². The molecule has 13 N–H and O–H groups in total. The summed E-state index contributed by atoms with van der Waals surface area (Å²) in [7, 11) is 2.09. The highest BCUT2D eigenvalue weighted by atomic mass is 33.1. The van der Waals surface area contributed by atoms with Crippen LogP contribution in [0.2, 0.25) is 0 Å². The number of nitrogens with two attached hydrogens (primary N) is 2. The van der Waals surface area contributed by atoms with Gasteiger partial charge in [-0.1, -0.05) is 58.0 Å². The van der Waals surface area contributed by atoms with Gasteiger partial charge in [-0.05, 0) is 42.5 Å². The van der Waals surface area contributed by atoms with Crippen LogP contribution in [0.25, 0.3) is 21.8 Å². The lowest BCUT2D eigenvalue weighted by molar-refractivity contribution is -0.144. The number of nitrogens with one attached hydrogen (secondary N) is 7. The van der Waals surface area contributed by atoms with E-state index in [4.69, 9.17) is 11.5 Å². The molecule has 5 heterocycles. The van der Waals surface area contributed by atoms with Crippen LogP contribution in [-0.4, -0.2) is 163 Å². The lowest BCUT2D eigenvalue weighted by Crippen LogP contribution is -2.60. The molecule has 0 aliphatic carbocycles. The number of aliphatic carboxylic acids is 1. The normalized spacial score (nSPS) is 25.9. The van der Waals surface area contributed by atoms with Crippen molar-refractivity contribution < 1.29 is 53.4 Å². The smallest absolute Gasteiger partial charge is 0.303 e. The minimum Gasteiger partial charge on any atom is -0.481 e. The van der Waals surface area contributed by atoms with Crippen molar-refractivity contribution in [3.8, 4) is 0 Å². The van der Waals surface area contributed by atoms with Crippen molar-refractivity contribution in [2.24, 2.45) is 11.5 Å². The quantitative estimate of drug-likeness (QED) is 0.0808. The lowest BCUT2D eigenvalue weighted by Gasteiger charge is -2.31. The van der Waals surface area contributed by atoms with Crippen LogP contribution in [0.5, 0.6) is 0 Å². The van der Waals surface area contributed by atoms with Crippen LogP contribution in [0.4, 0.5) is 0 Å². The molecule has 4 aromatic rings. The molecule has 2 aromatic heterocycles. The first-order chi connectivity index (χ1) is 33.1. The number of aliphatic hydroxyl groups excluding tert-OH is 1. The Morgan fingerprint density at radius 3 is 1.88 bits per heavy atom. The number of fused-ring (bicyclic) bond motifs is 4. The maximum Gasteiger partial charge on any atom is 0.303 e. The zero-order valence-corrected chi connectivity index (χ0v) is 38.9. The van der Waals surface area contributed by atoms with Crippen molar-refractivity contribution in [2.45, 2.75) is 93.3 Å².